The summed E-state index contributed by atoms with van der Waals surface area (Å²) >= 11 is 0. The second kappa shape index (κ2) is 10.2. The Morgan fingerprint density at radius 2 is 1.76 bits per heavy atom. The minimum atomic E-state index is -2.73. The molecule has 0 radical (unpaired) electrons. The molecule has 0 aromatic carbocycles. The lowest BCUT2D eigenvalue weighted by atomic mass is 9.61. The molecule has 5 rings (SSSR count). The molecule has 1 N–H and O–H groups in total. The van der Waals surface area contributed by atoms with Crippen LogP contribution in [0.1, 0.15) is 96.7 Å². The first-order valence-corrected chi connectivity index (χ1v) is 14.5. The maximum Gasteiger partial charge on any atom is 0.410 e. The lowest BCUT2D eigenvalue weighted by Gasteiger charge is -2.54. The van der Waals surface area contributed by atoms with Crippen molar-refractivity contribution in [2.24, 2.45) is 5.41 Å². The van der Waals surface area contributed by atoms with Crippen molar-refractivity contribution in [3.05, 3.63) is 11.7 Å². The number of carbonyl (C=O) groups excluding carboxylic acids is 3. The van der Waals surface area contributed by atoms with Gasteiger partial charge in [-0.1, -0.05) is 11.6 Å². The summed E-state index contributed by atoms with van der Waals surface area (Å²) in [6, 6.07) is -0.876. The van der Waals surface area contributed by atoms with E-state index in [1.807, 2.05) is 0 Å². The van der Waals surface area contributed by atoms with Crippen molar-refractivity contribution in [3.8, 4) is 0 Å². The minimum absolute atomic E-state index is 0.131. The Morgan fingerprint density at radius 1 is 1.12 bits per heavy atom. The van der Waals surface area contributed by atoms with Gasteiger partial charge in [-0.05, 0) is 46.5 Å². The summed E-state index contributed by atoms with van der Waals surface area (Å²) in [5.74, 6) is -3.39. The van der Waals surface area contributed by atoms with Gasteiger partial charge in [-0.3, -0.25) is 14.5 Å². The number of hydrogen-bond donors (Lipinski definition) is 1. The highest BCUT2D eigenvalue weighted by Crippen LogP contribution is 2.50. The Balaban J connectivity index is 1.34. The highest BCUT2D eigenvalue weighted by Gasteiger charge is 2.55. The van der Waals surface area contributed by atoms with Gasteiger partial charge >= 0.3 is 6.09 Å². The fourth-order valence-electron chi connectivity index (χ4n) is 6.75. The minimum Gasteiger partial charge on any atom is -0.444 e. The number of amides is 3. The number of ether oxygens (including phenoxy) is 1. The summed E-state index contributed by atoms with van der Waals surface area (Å²) in [4.78, 5) is 48.8. The third kappa shape index (κ3) is 5.41. The van der Waals surface area contributed by atoms with Crippen LogP contribution in [0.3, 0.4) is 0 Å². The number of carbonyl (C=O) groups is 3. The van der Waals surface area contributed by atoms with E-state index in [4.69, 9.17) is 9.26 Å². The first-order valence-electron chi connectivity index (χ1n) is 14.5. The maximum absolute atomic E-state index is 13.9. The second-order valence-corrected chi connectivity index (χ2v) is 13.4. The Kier molecular flexibility index (Phi) is 7.35. The zero-order chi connectivity index (χ0) is 30.0. The molecule has 2 aliphatic carbocycles. The van der Waals surface area contributed by atoms with Crippen LogP contribution >= 0.6 is 0 Å². The summed E-state index contributed by atoms with van der Waals surface area (Å²) in [6.07, 6.45) is 1.29. The number of aromatic nitrogens is 2. The van der Waals surface area contributed by atoms with Gasteiger partial charge in [0.05, 0.1) is 6.10 Å². The molecule has 2 atom stereocenters. The summed E-state index contributed by atoms with van der Waals surface area (Å²) in [6.45, 7) is 7.46. The van der Waals surface area contributed by atoms with E-state index in [2.05, 4.69) is 10.1 Å². The molecule has 1 spiro atoms. The van der Waals surface area contributed by atoms with Crippen LogP contribution in [0, 0.1) is 5.41 Å². The summed E-state index contributed by atoms with van der Waals surface area (Å²) in [7, 11) is 1.63. The molecule has 0 unspecified atom stereocenters. The molecule has 4 aliphatic rings. The lowest BCUT2D eigenvalue weighted by Crippen LogP contribution is -2.65. The smallest absolute Gasteiger partial charge is 0.410 e. The molecule has 2 saturated heterocycles. The summed E-state index contributed by atoms with van der Waals surface area (Å²) in [5, 5.41) is 15.0. The van der Waals surface area contributed by atoms with Gasteiger partial charge < -0.3 is 24.2 Å². The van der Waals surface area contributed by atoms with Crippen LogP contribution in [-0.2, 0) is 19.9 Å². The van der Waals surface area contributed by atoms with Crippen LogP contribution in [0.15, 0.2) is 4.52 Å². The summed E-state index contributed by atoms with van der Waals surface area (Å²) in [5.41, 5.74) is -2.16. The summed E-state index contributed by atoms with van der Waals surface area (Å²) < 4.78 is 38.1. The van der Waals surface area contributed by atoms with Crippen molar-refractivity contribution in [1.29, 1.82) is 0 Å². The van der Waals surface area contributed by atoms with E-state index < -0.39 is 46.6 Å². The highest BCUT2D eigenvalue weighted by molar-refractivity contribution is 5.86. The van der Waals surface area contributed by atoms with Gasteiger partial charge in [-0.2, -0.15) is 4.98 Å². The fourth-order valence-corrected chi connectivity index (χ4v) is 6.75. The number of rotatable bonds is 4. The molecule has 3 amide bonds. The van der Waals surface area contributed by atoms with Crippen LogP contribution in [0.25, 0.3) is 0 Å². The molecule has 41 heavy (non-hydrogen) atoms. The quantitative estimate of drug-likeness (QED) is 0.573. The lowest BCUT2D eigenvalue weighted by molar-refractivity contribution is -0.155. The van der Waals surface area contributed by atoms with E-state index in [9.17, 15) is 28.3 Å². The van der Waals surface area contributed by atoms with Crippen molar-refractivity contribution in [1.82, 2.24) is 24.8 Å². The molecular weight excluding hydrogens is 540 g/mol. The van der Waals surface area contributed by atoms with Gasteiger partial charge in [-0.15, -0.1) is 0 Å². The standard InChI is InChI=1S/C28H41F2N5O6/c1-17(36)33(5)27(23-31-21(32-41-23)18-14-28(29,30)15-18)9-11-34(12-10-27)22(38)19-13-20(37)26(7-6-8-26)16-35(19)24(39)40-25(2,3)4/h18-20,37H,6-16H2,1-5H3/t19-,20+/m0/s1. The van der Waals surface area contributed by atoms with E-state index in [0.717, 1.165) is 19.3 Å². The molecule has 13 heteroatoms. The first kappa shape index (κ1) is 29.7. The molecule has 1 aromatic rings. The normalized spacial score (nSPS) is 27.1. The molecule has 4 fully saturated rings. The molecule has 3 heterocycles. The maximum atomic E-state index is 13.9. The van der Waals surface area contributed by atoms with Gasteiger partial charge in [0, 0.05) is 64.2 Å². The molecule has 0 bridgehead atoms. The third-order valence-corrected chi connectivity index (χ3v) is 9.59. The van der Waals surface area contributed by atoms with Gasteiger partial charge in [-0.25, -0.2) is 13.6 Å². The Hall–Kier alpha value is -2.83. The van der Waals surface area contributed by atoms with Crippen molar-refractivity contribution in [2.45, 2.75) is 114 Å². The molecule has 2 saturated carbocycles. The van der Waals surface area contributed by atoms with E-state index in [0.29, 0.717) is 0 Å². The van der Waals surface area contributed by atoms with Crippen molar-refractivity contribution in [3.63, 3.8) is 0 Å². The van der Waals surface area contributed by atoms with Crippen LogP contribution in [0.2, 0.25) is 0 Å². The molecule has 11 nitrogen and oxygen atoms in total. The van der Waals surface area contributed by atoms with Crippen LogP contribution in [0.4, 0.5) is 13.6 Å². The van der Waals surface area contributed by atoms with E-state index in [1.54, 1.807) is 32.7 Å². The Morgan fingerprint density at radius 3 is 2.27 bits per heavy atom. The first-order chi connectivity index (χ1) is 19.1. The van der Waals surface area contributed by atoms with Crippen molar-refractivity contribution in [2.75, 3.05) is 26.7 Å². The van der Waals surface area contributed by atoms with Gasteiger partial charge in [0.2, 0.25) is 17.7 Å². The topological polar surface area (TPSA) is 129 Å². The number of alkyl halides is 2. The predicted octanol–water partition coefficient (Wildman–Crippen LogP) is 3.42. The molecular formula is C28H41F2N5O6. The number of aliphatic hydroxyl groups is 1. The molecule has 2 aliphatic heterocycles. The number of halogens is 2. The van der Waals surface area contributed by atoms with Gasteiger partial charge in [0.1, 0.15) is 17.2 Å². The van der Waals surface area contributed by atoms with E-state index >= 15 is 0 Å². The van der Waals surface area contributed by atoms with E-state index in [-0.39, 0.29) is 75.3 Å². The number of nitrogens with zero attached hydrogens (tertiary/aromatic N) is 5. The number of likely N-dealkylation sites (tertiary alicyclic amines) is 2. The molecule has 1 aromatic heterocycles. The largest absolute Gasteiger partial charge is 0.444 e. The number of piperidine rings is 2. The van der Waals surface area contributed by atoms with Crippen LogP contribution in [-0.4, -0.2) is 98.2 Å². The van der Waals surface area contributed by atoms with E-state index in [1.165, 1.54) is 16.7 Å². The Bertz CT molecular complexity index is 1180. The average Bonchev–Trinajstić information content (AvgIpc) is 3.34. The third-order valence-electron chi connectivity index (χ3n) is 9.59. The van der Waals surface area contributed by atoms with Crippen molar-refractivity contribution < 1.29 is 37.5 Å². The zero-order valence-electron chi connectivity index (χ0n) is 24.5. The van der Waals surface area contributed by atoms with Crippen LogP contribution < -0.4 is 0 Å². The monoisotopic (exact) mass is 581 g/mol. The number of aliphatic hydroxyl groups excluding tert-OH is 1. The van der Waals surface area contributed by atoms with Gasteiger partial charge in [0.15, 0.2) is 5.82 Å². The second-order valence-electron chi connectivity index (χ2n) is 13.4. The number of hydrogen-bond acceptors (Lipinski definition) is 8. The van der Waals surface area contributed by atoms with Crippen LogP contribution in [0.5, 0.6) is 0 Å². The van der Waals surface area contributed by atoms with Gasteiger partial charge in [0.25, 0.3) is 5.89 Å². The molecule has 228 valence electrons. The SMILES string of the molecule is CC(=O)N(C)C1(c2nc(C3CC(F)(F)C3)no2)CCN(C(=O)[C@@H]2C[C@@H](O)C3(CCC3)CN2C(=O)OC(C)(C)C)CC1. The van der Waals surface area contributed by atoms with Crippen molar-refractivity contribution >= 4 is 17.9 Å². The fraction of sp³-hybridized carbons (Fsp3) is 0.821. The highest BCUT2D eigenvalue weighted by atomic mass is 19.3. The predicted molar refractivity (Wildman–Crippen MR) is 141 cm³/mol. The Labute approximate surface area is 238 Å². The average molecular weight is 582 g/mol. The zero-order valence-corrected chi connectivity index (χ0v) is 24.5.